The van der Waals surface area contributed by atoms with Gasteiger partial charge in [-0.1, -0.05) is 6.92 Å². The number of halogens is 1. The summed E-state index contributed by atoms with van der Waals surface area (Å²) in [6.07, 6.45) is 3.55. The van der Waals surface area contributed by atoms with Crippen molar-refractivity contribution in [2.45, 2.75) is 25.8 Å². The van der Waals surface area contributed by atoms with Crippen molar-refractivity contribution in [1.82, 2.24) is 14.8 Å². The van der Waals surface area contributed by atoms with E-state index < -0.39 is 0 Å². The minimum atomic E-state index is -0.146. The van der Waals surface area contributed by atoms with Crippen molar-refractivity contribution in [1.29, 1.82) is 0 Å². The Labute approximate surface area is 125 Å². The summed E-state index contributed by atoms with van der Waals surface area (Å²) in [6, 6.07) is 3.39. The van der Waals surface area contributed by atoms with E-state index in [-0.39, 0.29) is 29.9 Å². The summed E-state index contributed by atoms with van der Waals surface area (Å²) < 4.78 is 1.47. The molecule has 0 bridgehead atoms. The Morgan fingerprint density at radius 1 is 1.55 bits per heavy atom. The lowest BCUT2D eigenvalue weighted by Crippen LogP contribution is -2.42. The van der Waals surface area contributed by atoms with Gasteiger partial charge in [-0.2, -0.15) is 0 Å². The zero-order chi connectivity index (χ0) is 13.8. The summed E-state index contributed by atoms with van der Waals surface area (Å²) in [5.74, 6) is -0.0340. The monoisotopic (exact) mass is 299 g/mol. The second-order valence-electron chi connectivity index (χ2n) is 5.01. The molecule has 2 rings (SSSR count). The van der Waals surface area contributed by atoms with Gasteiger partial charge in [0.05, 0.1) is 0 Å². The third kappa shape index (κ3) is 3.61. The lowest BCUT2D eigenvalue weighted by molar-refractivity contribution is 0.0692. The van der Waals surface area contributed by atoms with Crippen LogP contribution in [0, 0.1) is 0 Å². The smallest absolute Gasteiger partial charge is 0.254 e. The van der Waals surface area contributed by atoms with Gasteiger partial charge < -0.3 is 14.8 Å². The summed E-state index contributed by atoms with van der Waals surface area (Å²) >= 11 is 0. The Morgan fingerprint density at radius 3 is 2.85 bits per heavy atom. The first-order valence-corrected chi connectivity index (χ1v) is 6.82. The molecular formula is C14H22ClN3O2. The highest BCUT2D eigenvalue weighted by Crippen LogP contribution is 2.13. The average molecular weight is 300 g/mol. The predicted octanol–water partition coefficient (Wildman–Crippen LogP) is 1.02. The normalized spacial score (nSPS) is 17.6. The third-order valence-corrected chi connectivity index (χ3v) is 3.55. The first kappa shape index (κ1) is 16.7. The number of hydrogen-bond donors (Lipinski definition) is 1. The summed E-state index contributed by atoms with van der Waals surface area (Å²) in [5, 5.41) is 3.28. The number of pyridine rings is 1. The van der Waals surface area contributed by atoms with Crippen molar-refractivity contribution < 1.29 is 4.79 Å². The minimum absolute atomic E-state index is 0. The van der Waals surface area contributed by atoms with Crippen molar-refractivity contribution in [2.75, 3.05) is 19.6 Å². The van der Waals surface area contributed by atoms with Gasteiger partial charge in [-0.05, 0) is 25.5 Å². The fourth-order valence-corrected chi connectivity index (χ4v) is 2.44. The standard InChI is InChI=1S/C14H21N3O2.ClH/c1-3-7-17(12-4-6-15-10-12)14(19)11-5-8-16(2)13(18)9-11;/h5,8-9,12,15H,3-4,6-7,10H2,1-2H3;1H. The van der Waals surface area contributed by atoms with Gasteiger partial charge in [0.15, 0.2) is 0 Å². The molecule has 0 spiro atoms. The Hall–Kier alpha value is -1.33. The van der Waals surface area contributed by atoms with Crippen LogP contribution < -0.4 is 10.9 Å². The minimum Gasteiger partial charge on any atom is -0.334 e. The molecule has 1 N–H and O–H groups in total. The van der Waals surface area contributed by atoms with Gasteiger partial charge in [-0.25, -0.2) is 0 Å². The molecule has 0 aromatic carbocycles. The number of hydrogen-bond acceptors (Lipinski definition) is 3. The number of amides is 1. The van der Waals surface area contributed by atoms with Gasteiger partial charge in [0.2, 0.25) is 0 Å². The highest BCUT2D eigenvalue weighted by atomic mass is 35.5. The number of rotatable bonds is 4. The second-order valence-corrected chi connectivity index (χ2v) is 5.01. The molecule has 1 amide bonds. The van der Waals surface area contributed by atoms with Crippen LogP contribution in [0.15, 0.2) is 23.1 Å². The summed E-state index contributed by atoms with van der Waals surface area (Å²) in [6.45, 7) is 4.60. The van der Waals surface area contributed by atoms with E-state index in [1.165, 1.54) is 10.6 Å². The lowest BCUT2D eigenvalue weighted by atomic mass is 10.1. The highest BCUT2D eigenvalue weighted by Gasteiger charge is 2.26. The SMILES string of the molecule is CCCN(C(=O)c1ccn(C)c(=O)c1)C1CCNC1.Cl. The van der Waals surface area contributed by atoms with Crippen molar-refractivity contribution in [3.8, 4) is 0 Å². The second kappa shape index (κ2) is 7.45. The highest BCUT2D eigenvalue weighted by molar-refractivity contribution is 5.94. The van der Waals surface area contributed by atoms with E-state index in [2.05, 4.69) is 12.2 Å². The van der Waals surface area contributed by atoms with Gasteiger partial charge >= 0.3 is 0 Å². The third-order valence-electron chi connectivity index (χ3n) is 3.55. The van der Waals surface area contributed by atoms with Crippen LogP contribution >= 0.6 is 12.4 Å². The van der Waals surface area contributed by atoms with Crippen LogP contribution in [0.1, 0.15) is 30.1 Å². The van der Waals surface area contributed by atoms with Crippen LogP contribution in [0.3, 0.4) is 0 Å². The van der Waals surface area contributed by atoms with E-state index in [4.69, 9.17) is 0 Å². The molecule has 1 aromatic rings. The maximum Gasteiger partial charge on any atom is 0.254 e. The van der Waals surface area contributed by atoms with Crippen molar-refractivity contribution in [3.63, 3.8) is 0 Å². The van der Waals surface area contributed by atoms with Crippen LogP contribution in [0.2, 0.25) is 0 Å². The zero-order valence-electron chi connectivity index (χ0n) is 12.0. The molecule has 112 valence electrons. The van der Waals surface area contributed by atoms with Crippen LogP contribution in [0.25, 0.3) is 0 Å². The molecular weight excluding hydrogens is 278 g/mol. The molecule has 1 unspecified atom stereocenters. The molecule has 2 heterocycles. The van der Waals surface area contributed by atoms with Gasteiger partial charge in [0, 0.05) is 44.0 Å². The molecule has 0 aliphatic carbocycles. The van der Waals surface area contributed by atoms with E-state index in [0.717, 1.165) is 32.5 Å². The number of nitrogens with zero attached hydrogens (tertiary/aromatic N) is 2. The number of aryl methyl sites for hydroxylation is 1. The van der Waals surface area contributed by atoms with E-state index in [0.29, 0.717) is 5.56 Å². The molecule has 1 saturated heterocycles. The van der Waals surface area contributed by atoms with E-state index in [1.807, 2.05) is 4.90 Å². The van der Waals surface area contributed by atoms with Crippen molar-refractivity contribution in [2.24, 2.45) is 7.05 Å². The molecule has 1 fully saturated rings. The van der Waals surface area contributed by atoms with Gasteiger partial charge in [0.25, 0.3) is 11.5 Å². The quantitative estimate of drug-likeness (QED) is 0.903. The Bertz CT molecular complexity index is 509. The topological polar surface area (TPSA) is 54.3 Å². The Kier molecular flexibility index (Phi) is 6.23. The molecule has 0 saturated carbocycles. The molecule has 20 heavy (non-hydrogen) atoms. The van der Waals surface area contributed by atoms with Crippen LogP contribution in [0.5, 0.6) is 0 Å². The molecule has 0 radical (unpaired) electrons. The molecule has 1 aliphatic heterocycles. The fourth-order valence-electron chi connectivity index (χ4n) is 2.44. The molecule has 1 aliphatic rings. The summed E-state index contributed by atoms with van der Waals surface area (Å²) in [4.78, 5) is 26.1. The molecule has 5 nitrogen and oxygen atoms in total. The largest absolute Gasteiger partial charge is 0.334 e. The van der Waals surface area contributed by atoms with Gasteiger partial charge in [-0.3, -0.25) is 9.59 Å². The summed E-state index contributed by atoms with van der Waals surface area (Å²) in [7, 11) is 1.68. The fraction of sp³-hybridized carbons (Fsp3) is 0.571. The number of nitrogens with one attached hydrogen (secondary N) is 1. The number of carbonyl (C=O) groups excluding carboxylic acids is 1. The maximum atomic E-state index is 12.5. The van der Waals surface area contributed by atoms with Gasteiger partial charge in [0.1, 0.15) is 0 Å². The molecule has 6 heteroatoms. The average Bonchev–Trinajstić information content (AvgIpc) is 2.92. The van der Waals surface area contributed by atoms with Crippen molar-refractivity contribution in [3.05, 3.63) is 34.2 Å². The number of aromatic nitrogens is 1. The Morgan fingerprint density at radius 2 is 2.30 bits per heavy atom. The number of carbonyl (C=O) groups is 1. The van der Waals surface area contributed by atoms with E-state index in [9.17, 15) is 9.59 Å². The van der Waals surface area contributed by atoms with Crippen LogP contribution in [-0.2, 0) is 7.05 Å². The van der Waals surface area contributed by atoms with Crippen LogP contribution in [-0.4, -0.2) is 41.1 Å². The van der Waals surface area contributed by atoms with Crippen LogP contribution in [0.4, 0.5) is 0 Å². The Balaban J connectivity index is 0.00000200. The molecule has 1 atom stereocenters. The van der Waals surface area contributed by atoms with E-state index >= 15 is 0 Å². The zero-order valence-corrected chi connectivity index (χ0v) is 12.8. The predicted molar refractivity (Wildman–Crippen MR) is 81.5 cm³/mol. The first-order valence-electron chi connectivity index (χ1n) is 6.82. The first-order chi connectivity index (χ1) is 9.13. The summed E-state index contributed by atoms with van der Waals surface area (Å²) in [5.41, 5.74) is 0.343. The molecule has 1 aromatic heterocycles. The van der Waals surface area contributed by atoms with Crippen molar-refractivity contribution >= 4 is 18.3 Å². The van der Waals surface area contributed by atoms with Gasteiger partial charge in [-0.15, -0.1) is 12.4 Å². The van der Waals surface area contributed by atoms with E-state index in [1.54, 1.807) is 19.3 Å². The maximum absolute atomic E-state index is 12.5. The lowest BCUT2D eigenvalue weighted by Gasteiger charge is -2.28.